The van der Waals surface area contributed by atoms with E-state index in [0.29, 0.717) is 11.4 Å². The molecule has 3 nitrogen and oxygen atoms in total. The van der Waals surface area contributed by atoms with Gasteiger partial charge < -0.3 is 5.32 Å². The highest BCUT2D eigenvalue weighted by Crippen LogP contribution is 2.29. The summed E-state index contributed by atoms with van der Waals surface area (Å²) in [5, 5.41) is 2.98. The molecule has 1 heterocycles. The van der Waals surface area contributed by atoms with Crippen LogP contribution in [0.1, 0.15) is 28.4 Å². The average molecular weight is 254 g/mol. The predicted molar refractivity (Wildman–Crippen MR) is 78.7 cm³/mol. The lowest BCUT2D eigenvalue weighted by Crippen LogP contribution is -2.06. The van der Waals surface area contributed by atoms with E-state index in [4.69, 9.17) is 0 Å². The summed E-state index contributed by atoms with van der Waals surface area (Å²) in [4.78, 5) is 16.2. The molecule has 0 aliphatic rings. The second kappa shape index (κ2) is 5.22. The zero-order valence-corrected chi connectivity index (χ0v) is 11.7. The second-order valence-corrected chi connectivity index (χ2v) is 4.70. The summed E-state index contributed by atoms with van der Waals surface area (Å²) in [5.74, 6) is 0.672. The standard InChI is InChI=1S/C16H18N2O/c1-10-6-5-7-13(8-10)14-9-18-16(17-4)15(11(14)2)12(3)19/h5-9H,1-4H3,(H,17,18). The molecule has 1 aromatic carbocycles. The fraction of sp³-hybridized carbons (Fsp3) is 0.250. The average Bonchev–Trinajstić information content (AvgIpc) is 2.37. The number of nitrogens with zero attached hydrogens (tertiary/aromatic N) is 1. The summed E-state index contributed by atoms with van der Waals surface area (Å²) in [7, 11) is 1.78. The van der Waals surface area contributed by atoms with Crippen LogP contribution in [-0.2, 0) is 0 Å². The highest BCUT2D eigenvalue weighted by molar-refractivity contribution is 6.01. The normalized spacial score (nSPS) is 10.3. The Balaban J connectivity index is 2.66. The van der Waals surface area contributed by atoms with Gasteiger partial charge in [0.15, 0.2) is 5.78 Å². The van der Waals surface area contributed by atoms with E-state index in [-0.39, 0.29) is 5.78 Å². The zero-order chi connectivity index (χ0) is 14.0. The quantitative estimate of drug-likeness (QED) is 0.851. The van der Waals surface area contributed by atoms with Gasteiger partial charge in [0.25, 0.3) is 0 Å². The lowest BCUT2D eigenvalue weighted by atomic mass is 9.96. The van der Waals surface area contributed by atoms with Gasteiger partial charge in [-0.1, -0.05) is 29.8 Å². The number of nitrogens with one attached hydrogen (secondary N) is 1. The SMILES string of the molecule is CNc1ncc(-c2cccc(C)c2)c(C)c1C(C)=O. The molecule has 0 fully saturated rings. The third-order valence-electron chi connectivity index (χ3n) is 3.26. The van der Waals surface area contributed by atoms with Gasteiger partial charge in [0.1, 0.15) is 5.82 Å². The van der Waals surface area contributed by atoms with Crippen molar-refractivity contribution < 1.29 is 4.79 Å². The molecule has 19 heavy (non-hydrogen) atoms. The van der Waals surface area contributed by atoms with Gasteiger partial charge in [-0.2, -0.15) is 0 Å². The molecule has 1 N–H and O–H groups in total. The first kappa shape index (κ1) is 13.3. The van der Waals surface area contributed by atoms with E-state index in [2.05, 4.69) is 29.4 Å². The van der Waals surface area contributed by atoms with Gasteiger partial charge in [-0.25, -0.2) is 4.98 Å². The number of ketones is 1. The molecule has 0 aliphatic carbocycles. The molecule has 0 unspecified atom stereocenters. The molecule has 0 saturated heterocycles. The van der Waals surface area contributed by atoms with Crippen LogP contribution in [0.15, 0.2) is 30.5 Å². The molecule has 0 atom stereocenters. The summed E-state index contributed by atoms with van der Waals surface area (Å²) in [5.41, 5.74) is 4.93. The monoisotopic (exact) mass is 254 g/mol. The van der Waals surface area contributed by atoms with Crippen molar-refractivity contribution in [3.8, 4) is 11.1 Å². The summed E-state index contributed by atoms with van der Waals surface area (Å²) >= 11 is 0. The number of carbonyl (C=O) groups is 1. The predicted octanol–water partition coefficient (Wildman–Crippen LogP) is 3.61. The van der Waals surface area contributed by atoms with E-state index in [1.165, 1.54) is 5.56 Å². The third kappa shape index (κ3) is 2.50. The fourth-order valence-corrected chi connectivity index (χ4v) is 2.33. The third-order valence-corrected chi connectivity index (χ3v) is 3.26. The van der Waals surface area contributed by atoms with Gasteiger partial charge in [-0.15, -0.1) is 0 Å². The maximum absolute atomic E-state index is 11.8. The number of Topliss-reactive ketones (excluding diaryl/α,β-unsaturated/α-hetero) is 1. The molecular weight excluding hydrogens is 236 g/mol. The topological polar surface area (TPSA) is 42.0 Å². The summed E-state index contributed by atoms with van der Waals surface area (Å²) in [6, 6.07) is 8.22. The van der Waals surface area contributed by atoms with Gasteiger partial charge >= 0.3 is 0 Å². The van der Waals surface area contributed by atoms with Crippen LogP contribution < -0.4 is 5.32 Å². The molecule has 0 spiro atoms. The summed E-state index contributed by atoms with van der Waals surface area (Å²) in [6.45, 7) is 5.60. The van der Waals surface area contributed by atoms with Crippen LogP contribution in [0.25, 0.3) is 11.1 Å². The van der Waals surface area contributed by atoms with Gasteiger partial charge in [0.2, 0.25) is 0 Å². The van der Waals surface area contributed by atoms with Crippen LogP contribution in [0.5, 0.6) is 0 Å². The highest BCUT2D eigenvalue weighted by Gasteiger charge is 2.15. The van der Waals surface area contributed by atoms with Crippen molar-refractivity contribution in [2.75, 3.05) is 12.4 Å². The largest absolute Gasteiger partial charge is 0.373 e. The van der Waals surface area contributed by atoms with Gasteiger partial charge in [0.05, 0.1) is 5.56 Å². The van der Waals surface area contributed by atoms with Gasteiger partial charge in [-0.3, -0.25) is 4.79 Å². The smallest absolute Gasteiger partial charge is 0.163 e. The summed E-state index contributed by atoms with van der Waals surface area (Å²) in [6.07, 6.45) is 1.82. The minimum Gasteiger partial charge on any atom is -0.373 e. The molecule has 2 aromatic rings. The Labute approximate surface area is 113 Å². The fourth-order valence-electron chi connectivity index (χ4n) is 2.33. The number of hydrogen-bond donors (Lipinski definition) is 1. The van der Waals surface area contributed by atoms with Crippen LogP contribution >= 0.6 is 0 Å². The number of carbonyl (C=O) groups excluding carboxylic acids is 1. The van der Waals surface area contributed by atoms with Crippen molar-refractivity contribution in [2.45, 2.75) is 20.8 Å². The van der Waals surface area contributed by atoms with E-state index in [1.807, 2.05) is 25.3 Å². The highest BCUT2D eigenvalue weighted by atomic mass is 16.1. The number of benzene rings is 1. The van der Waals surface area contributed by atoms with E-state index in [9.17, 15) is 4.79 Å². The van der Waals surface area contributed by atoms with Crippen molar-refractivity contribution in [3.05, 3.63) is 47.2 Å². The van der Waals surface area contributed by atoms with Crippen LogP contribution in [0.2, 0.25) is 0 Å². The number of rotatable bonds is 3. The van der Waals surface area contributed by atoms with Crippen LogP contribution in [0, 0.1) is 13.8 Å². The van der Waals surface area contributed by atoms with Crippen LogP contribution in [-0.4, -0.2) is 17.8 Å². The van der Waals surface area contributed by atoms with Crippen molar-refractivity contribution in [2.24, 2.45) is 0 Å². The lowest BCUT2D eigenvalue weighted by Gasteiger charge is -2.13. The molecule has 0 saturated carbocycles. The second-order valence-electron chi connectivity index (χ2n) is 4.70. The number of aromatic nitrogens is 1. The minimum atomic E-state index is 0.0313. The molecular formula is C16H18N2O. The first-order valence-corrected chi connectivity index (χ1v) is 6.30. The maximum atomic E-state index is 11.8. The number of pyridine rings is 1. The lowest BCUT2D eigenvalue weighted by molar-refractivity contribution is 0.101. The minimum absolute atomic E-state index is 0.0313. The molecule has 0 radical (unpaired) electrons. The van der Waals surface area contributed by atoms with Crippen LogP contribution in [0.4, 0.5) is 5.82 Å². The van der Waals surface area contributed by atoms with Crippen molar-refractivity contribution in [1.82, 2.24) is 4.98 Å². The van der Waals surface area contributed by atoms with Crippen molar-refractivity contribution in [1.29, 1.82) is 0 Å². The van der Waals surface area contributed by atoms with Crippen LogP contribution in [0.3, 0.4) is 0 Å². The van der Waals surface area contributed by atoms with Gasteiger partial charge in [0, 0.05) is 18.8 Å². The van der Waals surface area contributed by atoms with Crippen molar-refractivity contribution >= 4 is 11.6 Å². The molecule has 0 amide bonds. The number of anilines is 1. The maximum Gasteiger partial charge on any atom is 0.163 e. The molecule has 98 valence electrons. The Kier molecular flexibility index (Phi) is 3.65. The first-order valence-electron chi connectivity index (χ1n) is 6.30. The molecule has 1 aromatic heterocycles. The number of aryl methyl sites for hydroxylation is 1. The Bertz CT molecular complexity index is 633. The molecule has 0 aliphatic heterocycles. The molecule has 2 rings (SSSR count). The Hall–Kier alpha value is -2.16. The van der Waals surface area contributed by atoms with Gasteiger partial charge in [-0.05, 0) is 31.9 Å². The Morgan fingerprint density at radius 1 is 1.26 bits per heavy atom. The number of hydrogen-bond acceptors (Lipinski definition) is 3. The van der Waals surface area contributed by atoms with E-state index >= 15 is 0 Å². The molecule has 0 bridgehead atoms. The summed E-state index contributed by atoms with van der Waals surface area (Å²) < 4.78 is 0. The van der Waals surface area contributed by atoms with E-state index in [1.54, 1.807) is 14.0 Å². The Morgan fingerprint density at radius 3 is 2.58 bits per heavy atom. The first-order chi connectivity index (χ1) is 9.04. The van der Waals surface area contributed by atoms with E-state index in [0.717, 1.165) is 16.7 Å². The van der Waals surface area contributed by atoms with Crippen molar-refractivity contribution in [3.63, 3.8) is 0 Å². The van der Waals surface area contributed by atoms with E-state index < -0.39 is 0 Å². The molecule has 3 heteroatoms. The zero-order valence-electron chi connectivity index (χ0n) is 11.7. The Morgan fingerprint density at radius 2 is 2.00 bits per heavy atom.